The van der Waals surface area contributed by atoms with Crippen molar-refractivity contribution in [1.29, 1.82) is 0 Å². The van der Waals surface area contributed by atoms with E-state index in [-0.39, 0.29) is 29.9 Å². The number of sulfone groups is 1. The molecule has 8 heteroatoms. The maximum Gasteiger partial charge on any atom is 0.241 e. The Hall–Kier alpha value is -1.96. The Labute approximate surface area is 142 Å². The minimum Gasteiger partial charge on any atom is -0.344 e. The van der Waals surface area contributed by atoms with E-state index in [1.54, 1.807) is 24.3 Å². The van der Waals surface area contributed by atoms with E-state index >= 15 is 0 Å². The molecule has 2 amide bonds. The van der Waals surface area contributed by atoms with Crippen LogP contribution in [0.1, 0.15) is 18.9 Å². The molecule has 2 heterocycles. The number of hydrogen-bond donors (Lipinski definition) is 0. The molecule has 0 spiro atoms. The van der Waals surface area contributed by atoms with Crippen molar-refractivity contribution in [2.75, 3.05) is 31.6 Å². The van der Waals surface area contributed by atoms with Gasteiger partial charge in [0.15, 0.2) is 9.84 Å². The van der Waals surface area contributed by atoms with Crippen LogP contribution in [-0.2, 0) is 25.8 Å². The lowest BCUT2D eigenvalue weighted by molar-refractivity contribution is -0.140. The summed E-state index contributed by atoms with van der Waals surface area (Å²) in [6.45, 7) is 1.81. The summed E-state index contributed by atoms with van der Waals surface area (Å²) in [5, 5.41) is 0. The molecule has 1 saturated heterocycles. The third-order valence-corrected chi connectivity index (χ3v) is 6.02. The first-order valence-corrected chi connectivity index (χ1v) is 9.71. The van der Waals surface area contributed by atoms with Crippen molar-refractivity contribution >= 4 is 21.7 Å². The van der Waals surface area contributed by atoms with Crippen molar-refractivity contribution < 1.29 is 18.0 Å². The normalized spacial score (nSPS) is 19.0. The van der Waals surface area contributed by atoms with Gasteiger partial charge in [0, 0.05) is 39.0 Å². The van der Waals surface area contributed by atoms with E-state index in [0.717, 1.165) is 5.56 Å². The molecule has 1 atom stereocenters. The van der Waals surface area contributed by atoms with E-state index in [1.807, 2.05) is 12.1 Å². The molecular weight excluding hydrogens is 330 g/mol. The molecule has 24 heavy (non-hydrogen) atoms. The highest BCUT2D eigenvalue weighted by Gasteiger charge is 2.34. The van der Waals surface area contributed by atoms with Crippen molar-refractivity contribution in [3.63, 3.8) is 0 Å². The van der Waals surface area contributed by atoms with Gasteiger partial charge < -0.3 is 9.80 Å². The molecule has 0 aliphatic carbocycles. The van der Waals surface area contributed by atoms with Gasteiger partial charge in [0.25, 0.3) is 0 Å². The molecular formula is C16H23N3O4S. The Kier molecular flexibility index (Phi) is 5.93. The monoisotopic (exact) mass is 353 g/mol. The van der Waals surface area contributed by atoms with E-state index in [4.69, 9.17) is 0 Å². The first-order valence-electron chi connectivity index (χ1n) is 7.89. The average molecular weight is 353 g/mol. The number of carbonyl (C=O) groups excluding carboxylic acids is 2. The van der Waals surface area contributed by atoms with E-state index in [9.17, 15) is 18.0 Å². The first-order chi connectivity index (χ1) is 11.3. The fraction of sp³-hybridized carbons (Fsp3) is 0.562. The molecule has 1 aromatic heterocycles. The molecule has 0 radical (unpaired) electrons. The minimum atomic E-state index is -3.10. The Morgan fingerprint density at radius 3 is 2.50 bits per heavy atom. The third kappa shape index (κ3) is 5.02. The number of aromatic nitrogens is 1. The summed E-state index contributed by atoms with van der Waals surface area (Å²) in [4.78, 5) is 31.1. The molecule has 0 aromatic carbocycles. The lowest BCUT2D eigenvalue weighted by Gasteiger charge is -2.28. The van der Waals surface area contributed by atoms with Crippen molar-refractivity contribution in [1.82, 2.24) is 14.8 Å². The van der Waals surface area contributed by atoms with Gasteiger partial charge in [0.05, 0.1) is 11.5 Å². The van der Waals surface area contributed by atoms with Gasteiger partial charge >= 0.3 is 0 Å². The summed E-state index contributed by atoms with van der Waals surface area (Å²) >= 11 is 0. The molecule has 1 aliphatic heterocycles. The molecule has 0 saturated carbocycles. The summed E-state index contributed by atoms with van der Waals surface area (Å²) in [6, 6.07) is 3.39. The van der Waals surface area contributed by atoms with Gasteiger partial charge in [-0.3, -0.25) is 14.6 Å². The summed E-state index contributed by atoms with van der Waals surface area (Å²) in [5.74, 6) is -0.440. The van der Waals surface area contributed by atoms with Crippen molar-refractivity contribution in [2.24, 2.45) is 0 Å². The first kappa shape index (κ1) is 18.4. The van der Waals surface area contributed by atoms with Crippen LogP contribution in [-0.4, -0.2) is 72.7 Å². The second kappa shape index (κ2) is 7.74. The van der Waals surface area contributed by atoms with Crippen molar-refractivity contribution in [2.45, 2.75) is 25.8 Å². The molecule has 1 aromatic rings. The number of pyridine rings is 1. The largest absolute Gasteiger partial charge is 0.344 e. The van der Waals surface area contributed by atoms with Crippen molar-refractivity contribution in [3.8, 4) is 0 Å². The Bertz CT molecular complexity index is 691. The maximum absolute atomic E-state index is 12.4. The summed E-state index contributed by atoms with van der Waals surface area (Å²) in [6.07, 6.45) is 4.50. The zero-order valence-corrected chi connectivity index (χ0v) is 14.8. The average Bonchev–Trinajstić information content (AvgIpc) is 2.90. The molecule has 1 unspecified atom stereocenters. The second-order valence-electron chi connectivity index (χ2n) is 6.12. The van der Waals surface area contributed by atoms with Gasteiger partial charge in [0.2, 0.25) is 11.8 Å². The Morgan fingerprint density at radius 2 is 1.96 bits per heavy atom. The van der Waals surface area contributed by atoms with Gasteiger partial charge in [-0.15, -0.1) is 0 Å². The van der Waals surface area contributed by atoms with Crippen LogP contribution in [0.5, 0.6) is 0 Å². The molecule has 0 bridgehead atoms. The van der Waals surface area contributed by atoms with E-state index in [0.29, 0.717) is 19.4 Å². The molecule has 2 rings (SSSR count). The predicted molar refractivity (Wildman–Crippen MR) is 90.0 cm³/mol. The van der Waals surface area contributed by atoms with Crippen LogP contribution >= 0.6 is 0 Å². The molecule has 1 fully saturated rings. The topological polar surface area (TPSA) is 87.7 Å². The molecule has 0 N–H and O–H groups in total. The summed E-state index contributed by atoms with van der Waals surface area (Å²) < 4.78 is 23.2. The Balaban J connectivity index is 1.91. The van der Waals surface area contributed by atoms with Crippen LogP contribution in [0.2, 0.25) is 0 Å². The quantitative estimate of drug-likeness (QED) is 0.725. The van der Waals surface area contributed by atoms with Gasteiger partial charge in [-0.2, -0.15) is 0 Å². The number of carbonyl (C=O) groups is 2. The van der Waals surface area contributed by atoms with Gasteiger partial charge in [0.1, 0.15) is 6.54 Å². The SMILES string of the molecule is CC(=O)N(CC(=O)N(C)CCc1ccncc1)C1CCS(=O)(=O)C1. The Morgan fingerprint density at radius 1 is 1.29 bits per heavy atom. The smallest absolute Gasteiger partial charge is 0.241 e. The zero-order chi connectivity index (χ0) is 17.7. The summed E-state index contributed by atoms with van der Waals surface area (Å²) in [7, 11) is -1.41. The zero-order valence-electron chi connectivity index (χ0n) is 14.0. The predicted octanol–water partition coefficient (Wildman–Crippen LogP) is 0.118. The van der Waals surface area contributed by atoms with Gasteiger partial charge in [-0.1, -0.05) is 0 Å². The van der Waals surface area contributed by atoms with E-state index in [2.05, 4.69) is 4.98 Å². The lowest BCUT2D eigenvalue weighted by Crippen LogP contribution is -2.46. The van der Waals surface area contributed by atoms with Gasteiger partial charge in [-0.05, 0) is 30.5 Å². The van der Waals surface area contributed by atoms with Crippen molar-refractivity contribution in [3.05, 3.63) is 30.1 Å². The number of hydrogen-bond acceptors (Lipinski definition) is 5. The standard InChI is InChI=1S/C16H23N3O4S/c1-13(20)19(15-6-10-24(22,23)12-15)11-16(21)18(2)9-5-14-3-7-17-8-4-14/h3-4,7-8,15H,5-6,9-12H2,1-2H3. The highest BCUT2D eigenvalue weighted by molar-refractivity contribution is 7.91. The number of likely N-dealkylation sites (N-methyl/N-ethyl adjacent to an activating group) is 1. The fourth-order valence-electron chi connectivity index (χ4n) is 2.76. The highest BCUT2D eigenvalue weighted by Crippen LogP contribution is 2.18. The molecule has 1 aliphatic rings. The molecule has 132 valence electrons. The fourth-order valence-corrected chi connectivity index (χ4v) is 4.49. The van der Waals surface area contributed by atoms with Crippen LogP contribution in [0.3, 0.4) is 0 Å². The molecule has 7 nitrogen and oxygen atoms in total. The van der Waals surface area contributed by atoms with Crippen LogP contribution in [0.25, 0.3) is 0 Å². The lowest BCUT2D eigenvalue weighted by atomic mass is 10.2. The van der Waals surface area contributed by atoms with Crippen LogP contribution < -0.4 is 0 Å². The number of rotatable bonds is 6. The third-order valence-electron chi connectivity index (χ3n) is 4.27. The van der Waals surface area contributed by atoms with Gasteiger partial charge in [-0.25, -0.2) is 8.42 Å². The maximum atomic E-state index is 12.4. The van der Waals surface area contributed by atoms with E-state index in [1.165, 1.54) is 11.8 Å². The van der Waals surface area contributed by atoms with E-state index < -0.39 is 15.9 Å². The highest BCUT2D eigenvalue weighted by atomic mass is 32.2. The minimum absolute atomic E-state index is 0.0550. The number of nitrogens with zero attached hydrogens (tertiary/aromatic N) is 3. The van der Waals surface area contributed by atoms with Crippen LogP contribution in [0, 0.1) is 0 Å². The number of amides is 2. The summed E-state index contributed by atoms with van der Waals surface area (Å²) in [5.41, 5.74) is 1.08. The van der Waals surface area contributed by atoms with Crippen LogP contribution in [0.4, 0.5) is 0 Å². The van der Waals surface area contributed by atoms with Crippen LogP contribution in [0.15, 0.2) is 24.5 Å². The second-order valence-corrected chi connectivity index (χ2v) is 8.35.